The highest BCUT2D eigenvalue weighted by molar-refractivity contribution is 6.16. The summed E-state index contributed by atoms with van der Waals surface area (Å²) in [5.74, 6) is 1.92. The van der Waals surface area contributed by atoms with Crippen molar-refractivity contribution < 1.29 is 0 Å². The number of aromatic nitrogens is 4. The van der Waals surface area contributed by atoms with Gasteiger partial charge < -0.3 is 4.57 Å². The third-order valence-corrected chi connectivity index (χ3v) is 7.86. The molecule has 8 aromatic rings. The van der Waals surface area contributed by atoms with Crippen LogP contribution in [0.5, 0.6) is 0 Å². The Labute approximate surface area is 249 Å². The van der Waals surface area contributed by atoms with E-state index >= 15 is 0 Å². The molecule has 0 saturated carbocycles. The largest absolute Gasteiger partial charge is 0.308 e. The first-order chi connectivity index (χ1) is 21.3. The van der Waals surface area contributed by atoms with Crippen LogP contribution in [0.1, 0.15) is 0 Å². The fourth-order valence-electron chi connectivity index (χ4n) is 5.91. The van der Waals surface area contributed by atoms with E-state index in [1.807, 2.05) is 66.7 Å². The highest BCUT2D eigenvalue weighted by Gasteiger charge is 2.23. The van der Waals surface area contributed by atoms with Crippen molar-refractivity contribution in [3.05, 3.63) is 158 Å². The molecule has 0 amide bonds. The molecule has 0 spiro atoms. The van der Waals surface area contributed by atoms with Crippen LogP contribution >= 0.6 is 0 Å². The summed E-state index contributed by atoms with van der Waals surface area (Å²) in [5.41, 5.74) is 8.32. The van der Waals surface area contributed by atoms with Crippen LogP contribution in [0, 0.1) is 0 Å². The van der Waals surface area contributed by atoms with E-state index in [9.17, 15) is 0 Å². The van der Waals surface area contributed by atoms with Gasteiger partial charge in [-0.1, -0.05) is 140 Å². The molecule has 43 heavy (non-hydrogen) atoms. The summed E-state index contributed by atoms with van der Waals surface area (Å²) in [6.07, 6.45) is 0. The fraction of sp³-hybridized carbons (Fsp3) is 0. The quantitative estimate of drug-likeness (QED) is 0.214. The Bertz CT molecular complexity index is 2150. The second kappa shape index (κ2) is 10.5. The number of fused-ring (bicyclic) bond motifs is 3. The summed E-state index contributed by atoms with van der Waals surface area (Å²) < 4.78 is 2.35. The lowest BCUT2D eigenvalue weighted by molar-refractivity contribution is 1.07. The van der Waals surface area contributed by atoms with E-state index in [1.54, 1.807) is 0 Å². The molecule has 202 valence electrons. The molecule has 0 saturated heterocycles. The number of rotatable bonds is 5. The van der Waals surface area contributed by atoms with Gasteiger partial charge in [0, 0.05) is 27.6 Å². The Hall–Kier alpha value is -5.87. The van der Waals surface area contributed by atoms with Gasteiger partial charge in [0.05, 0.1) is 16.6 Å². The standard InChI is InChI=1S/C39H26N4/c1-5-15-27(16-6-1)31-25-26-33-32-23-13-14-24-34(32)43(30-21-11-4-12-22-30)36(33)35(31)39-41-37(28-17-7-2-8-18-28)40-38(42-39)29-19-9-3-10-20-29/h1-26H. The molecule has 0 bridgehead atoms. The third kappa shape index (κ3) is 4.37. The Kier molecular flexibility index (Phi) is 6.08. The highest BCUT2D eigenvalue weighted by atomic mass is 15.0. The van der Waals surface area contributed by atoms with Crippen LogP contribution in [-0.4, -0.2) is 19.5 Å². The lowest BCUT2D eigenvalue weighted by Crippen LogP contribution is -2.03. The first kappa shape index (κ1) is 24.9. The molecule has 2 heterocycles. The normalized spacial score (nSPS) is 11.3. The van der Waals surface area contributed by atoms with E-state index < -0.39 is 0 Å². The molecular weight excluding hydrogens is 524 g/mol. The number of benzene rings is 6. The van der Waals surface area contributed by atoms with E-state index in [0.717, 1.165) is 49.9 Å². The number of hydrogen-bond acceptors (Lipinski definition) is 3. The molecule has 6 aromatic carbocycles. The molecule has 0 aliphatic carbocycles. The molecule has 0 atom stereocenters. The average Bonchev–Trinajstić information content (AvgIpc) is 3.43. The molecule has 0 fully saturated rings. The lowest BCUT2D eigenvalue weighted by Gasteiger charge is -2.16. The van der Waals surface area contributed by atoms with Gasteiger partial charge >= 0.3 is 0 Å². The molecule has 4 heteroatoms. The monoisotopic (exact) mass is 550 g/mol. The fourth-order valence-corrected chi connectivity index (χ4v) is 5.91. The van der Waals surface area contributed by atoms with E-state index in [2.05, 4.69) is 95.6 Å². The maximum Gasteiger partial charge on any atom is 0.166 e. The van der Waals surface area contributed by atoms with Crippen LogP contribution in [0.2, 0.25) is 0 Å². The number of nitrogens with zero attached hydrogens (tertiary/aromatic N) is 4. The van der Waals surface area contributed by atoms with Gasteiger partial charge in [-0.15, -0.1) is 0 Å². The zero-order chi connectivity index (χ0) is 28.6. The minimum atomic E-state index is 0.636. The molecule has 4 nitrogen and oxygen atoms in total. The molecular formula is C39H26N4. The molecule has 2 aromatic heterocycles. The van der Waals surface area contributed by atoms with Crippen molar-refractivity contribution in [3.8, 4) is 51.0 Å². The van der Waals surface area contributed by atoms with Gasteiger partial charge in [0.2, 0.25) is 0 Å². The van der Waals surface area contributed by atoms with E-state index in [-0.39, 0.29) is 0 Å². The van der Waals surface area contributed by atoms with Crippen molar-refractivity contribution in [1.29, 1.82) is 0 Å². The van der Waals surface area contributed by atoms with Gasteiger partial charge in [-0.25, -0.2) is 15.0 Å². The molecule has 0 unspecified atom stereocenters. The molecule has 0 aliphatic rings. The van der Waals surface area contributed by atoms with Crippen molar-refractivity contribution in [3.63, 3.8) is 0 Å². The van der Waals surface area contributed by atoms with Crippen LogP contribution in [0.3, 0.4) is 0 Å². The second-order valence-corrected chi connectivity index (χ2v) is 10.5. The SMILES string of the molecule is c1ccc(-c2nc(-c3ccccc3)nc(-c3c(-c4ccccc4)ccc4c5ccccc5n(-c5ccccc5)c34)n2)cc1. The summed E-state index contributed by atoms with van der Waals surface area (Å²) in [5, 5.41) is 2.33. The van der Waals surface area contributed by atoms with Crippen LogP contribution in [-0.2, 0) is 0 Å². The van der Waals surface area contributed by atoms with Crippen molar-refractivity contribution >= 4 is 21.8 Å². The molecule has 0 aliphatic heterocycles. The van der Waals surface area contributed by atoms with Gasteiger partial charge in [-0.2, -0.15) is 0 Å². The van der Waals surface area contributed by atoms with E-state index in [4.69, 9.17) is 15.0 Å². The van der Waals surface area contributed by atoms with Crippen LogP contribution in [0.25, 0.3) is 72.8 Å². The second-order valence-electron chi connectivity index (χ2n) is 10.5. The average molecular weight is 551 g/mol. The number of hydrogen-bond donors (Lipinski definition) is 0. The van der Waals surface area contributed by atoms with Crippen molar-refractivity contribution in [2.75, 3.05) is 0 Å². The Balaban J connectivity index is 1.55. The first-order valence-electron chi connectivity index (χ1n) is 14.4. The highest BCUT2D eigenvalue weighted by Crippen LogP contribution is 2.43. The molecule has 0 N–H and O–H groups in total. The van der Waals surface area contributed by atoms with Gasteiger partial charge in [-0.05, 0) is 29.3 Å². The van der Waals surface area contributed by atoms with Gasteiger partial charge in [0.1, 0.15) is 0 Å². The number of para-hydroxylation sites is 2. The summed E-state index contributed by atoms with van der Waals surface area (Å²) in [6.45, 7) is 0. The minimum absolute atomic E-state index is 0.636. The van der Waals surface area contributed by atoms with Crippen LogP contribution in [0.4, 0.5) is 0 Å². The summed E-state index contributed by atoms with van der Waals surface area (Å²) in [7, 11) is 0. The van der Waals surface area contributed by atoms with Gasteiger partial charge in [0.15, 0.2) is 17.5 Å². The zero-order valence-electron chi connectivity index (χ0n) is 23.3. The van der Waals surface area contributed by atoms with E-state index in [0.29, 0.717) is 17.5 Å². The lowest BCUT2D eigenvalue weighted by atomic mass is 9.96. The van der Waals surface area contributed by atoms with Crippen molar-refractivity contribution in [2.24, 2.45) is 0 Å². The zero-order valence-corrected chi connectivity index (χ0v) is 23.3. The predicted molar refractivity (Wildman–Crippen MR) is 176 cm³/mol. The summed E-state index contributed by atoms with van der Waals surface area (Å²) in [6, 6.07) is 54.4. The maximum atomic E-state index is 5.21. The van der Waals surface area contributed by atoms with Crippen molar-refractivity contribution in [2.45, 2.75) is 0 Å². The van der Waals surface area contributed by atoms with Crippen molar-refractivity contribution in [1.82, 2.24) is 19.5 Å². The Morgan fingerprint density at radius 1 is 0.372 bits per heavy atom. The summed E-state index contributed by atoms with van der Waals surface area (Å²) in [4.78, 5) is 15.4. The third-order valence-electron chi connectivity index (χ3n) is 7.86. The Morgan fingerprint density at radius 3 is 1.47 bits per heavy atom. The Morgan fingerprint density at radius 2 is 0.860 bits per heavy atom. The van der Waals surface area contributed by atoms with E-state index in [1.165, 1.54) is 5.39 Å². The van der Waals surface area contributed by atoms with Gasteiger partial charge in [-0.3, -0.25) is 0 Å². The van der Waals surface area contributed by atoms with Crippen LogP contribution in [0.15, 0.2) is 158 Å². The van der Waals surface area contributed by atoms with Crippen LogP contribution < -0.4 is 0 Å². The molecule has 0 radical (unpaired) electrons. The maximum absolute atomic E-state index is 5.21. The predicted octanol–water partition coefficient (Wildman–Crippen LogP) is 9.64. The van der Waals surface area contributed by atoms with Gasteiger partial charge in [0.25, 0.3) is 0 Å². The summed E-state index contributed by atoms with van der Waals surface area (Å²) >= 11 is 0. The smallest absolute Gasteiger partial charge is 0.166 e. The minimum Gasteiger partial charge on any atom is -0.308 e. The topological polar surface area (TPSA) is 43.6 Å². The molecule has 8 rings (SSSR count). The first-order valence-corrected chi connectivity index (χ1v) is 14.4.